The predicted octanol–water partition coefficient (Wildman–Crippen LogP) is 7.89. The minimum Gasteiger partial charge on any atom is -0.550 e. The maximum Gasteiger partial charge on any atom is 0.0481 e. The van der Waals surface area contributed by atoms with Gasteiger partial charge in [-0.2, -0.15) is 0 Å². The van der Waals surface area contributed by atoms with Crippen LogP contribution in [-0.2, 0) is 9.59 Å². The molecule has 0 saturated carbocycles. The molecule has 4 unspecified atom stereocenters. The predicted molar refractivity (Wildman–Crippen MR) is 184 cm³/mol. The van der Waals surface area contributed by atoms with Crippen LogP contribution < -0.4 is 10.2 Å². The van der Waals surface area contributed by atoms with Crippen molar-refractivity contribution in [2.24, 2.45) is 17.3 Å². The molecule has 238 valence electrons. The second kappa shape index (κ2) is 15.0. The summed E-state index contributed by atoms with van der Waals surface area (Å²) in [6.45, 7) is 0. The molecule has 0 spiro atoms. The molecule has 2 aliphatic heterocycles. The third kappa shape index (κ3) is 7.24. The summed E-state index contributed by atoms with van der Waals surface area (Å²) in [7, 11) is 0. The van der Waals surface area contributed by atoms with E-state index in [1.54, 1.807) is 0 Å². The van der Waals surface area contributed by atoms with Gasteiger partial charge in [0.25, 0.3) is 0 Å². The Bertz CT molecular complexity index is 1370. The summed E-state index contributed by atoms with van der Waals surface area (Å²) < 4.78 is 0. The number of carboxylic acids is 2. The summed E-state index contributed by atoms with van der Waals surface area (Å²) in [5, 5.41) is 26.1. The Morgan fingerprint density at radius 3 is 1.11 bits per heavy atom. The normalized spacial score (nSPS) is 26.1. The van der Waals surface area contributed by atoms with Gasteiger partial charge in [-0.15, -0.1) is 23.5 Å². The molecule has 4 nitrogen and oxygen atoms in total. The first-order valence-corrected chi connectivity index (χ1v) is 18.2. The number of carbonyl (C=O) groups is 2. The number of thioether (sulfide) groups is 2. The molecule has 4 aromatic rings. The lowest BCUT2D eigenvalue weighted by Gasteiger charge is -2.54. The Hall–Kier alpha value is -3.48. The van der Waals surface area contributed by atoms with Gasteiger partial charge in [0.2, 0.25) is 0 Å². The smallest absolute Gasteiger partial charge is 0.0481 e. The summed E-state index contributed by atoms with van der Waals surface area (Å²) in [6, 6.07) is 41.6. The number of carbonyl (C=O) groups excluding carboxylic acids is 2. The highest BCUT2D eigenvalue weighted by Gasteiger charge is 2.52. The highest BCUT2D eigenvalue weighted by atomic mass is 32.2. The van der Waals surface area contributed by atoms with Gasteiger partial charge in [-0.3, -0.25) is 0 Å². The van der Waals surface area contributed by atoms with Crippen LogP contribution in [0.1, 0.15) is 88.2 Å². The number of carboxylic acid groups (broad SMARTS) is 2. The fourth-order valence-electron chi connectivity index (χ4n) is 7.92. The van der Waals surface area contributed by atoms with Gasteiger partial charge in [0.1, 0.15) is 0 Å². The topological polar surface area (TPSA) is 80.3 Å². The Morgan fingerprint density at radius 2 is 0.848 bits per heavy atom. The molecule has 0 bridgehead atoms. The molecule has 0 N–H and O–H groups in total. The van der Waals surface area contributed by atoms with Crippen molar-refractivity contribution in [2.45, 2.75) is 65.9 Å². The maximum absolute atomic E-state index is 14.0. The molecule has 2 saturated heterocycles. The lowest BCUT2D eigenvalue weighted by molar-refractivity contribution is -0.328. The number of hydrogen-bond acceptors (Lipinski definition) is 6. The second-order valence-corrected chi connectivity index (χ2v) is 15.6. The van der Waals surface area contributed by atoms with E-state index in [9.17, 15) is 19.8 Å². The summed E-state index contributed by atoms with van der Waals surface area (Å²) in [5.41, 5.74) is 3.59. The molecule has 0 amide bonds. The van der Waals surface area contributed by atoms with E-state index < -0.39 is 17.4 Å². The molecule has 4 atom stereocenters. The zero-order valence-electron chi connectivity index (χ0n) is 25.9. The van der Waals surface area contributed by atoms with Crippen LogP contribution in [0.4, 0.5) is 0 Å². The van der Waals surface area contributed by atoms with Crippen LogP contribution >= 0.6 is 23.5 Å². The first kappa shape index (κ1) is 32.5. The van der Waals surface area contributed by atoms with Gasteiger partial charge in [-0.1, -0.05) is 121 Å². The van der Waals surface area contributed by atoms with E-state index in [1.807, 2.05) is 47.8 Å². The van der Waals surface area contributed by atoms with Gasteiger partial charge in [0.05, 0.1) is 0 Å². The van der Waals surface area contributed by atoms with E-state index in [0.29, 0.717) is 25.7 Å². The van der Waals surface area contributed by atoms with Gasteiger partial charge in [0, 0.05) is 38.4 Å². The van der Waals surface area contributed by atoms with Crippen molar-refractivity contribution in [1.82, 2.24) is 0 Å². The van der Waals surface area contributed by atoms with Crippen molar-refractivity contribution in [1.29, 1.82) is 0 Å². The molecule has 0 aliphatic carbocycles. The average Bonchev–Trinajstić information content (AvgIpc) is 3.11. The fraction of sp³-hybridized carbons (Fsp3) is 0.350. The zero-order valence-corrected chi connectivity index (χ0v) is 27.5. The molecule has 6 heteroatoms. The van der Waals surface area contributed by atoms with Gasteiger partial charge in [-0.25, -0.2) is 0 Å². The largest absolute Gasteiger partial charge is 0.550 e. The summed E-state index contributed by atoms with van der Waals surface area (Å²) >= 11 is 3.84. The van der Waals surface area contributed by atoms with Crippen molar-refractivity contribution < 1.29 is 19.8 Å². The molecule has 46 heavy (non-hydrogen) atoms. The van der Waals surface area contributed by atoms with E-state index in [4.69, 9.17) is 0 Å². The molecule has 6 rings (SSSR count). The quantitative estimate of drug-likeness (QED) is 0.165. The summed E-state index contributed by atoms with van der Waals surface area (Å²) in [4.78, 5) is 25.7. The third-order valence-electron chi connectivity index (χ3n) is 10.1. The number of rotatable bonds is 11. The van der Waals surface area contributed by atoms with Crippen molar-refractivity contribution in [3.05, 3.63) is 144 Å². The van der Waals surface area contributed by atoms with Crippen LogP contribution in [0.15, 0.2) is 121 Å². The number of aliphatic carboxylic acids is 2. The molecule has 4 aromatic carbocycles. The lowest BCUT2D eigenvalue weighted by Crippen LogP contribution is -2.54. The van der Waals surface area contributed by atoms with Crippen LogP contribution in [0.2, 0.25) is 0 Å². The van der Waals surface area contributed by atoms with Crippen molar-refractivity contribution in [2.75, 3.05) is 0 Å². The molecular weight excluding hydrogens is 609 g/mol. The van der Waals surface area contributed by atoms with Crippen LogP contribution in [0.25, 0.3) is 0 Å². The standard InChI is InChI=1S/C40H42O4S2/c41-38(42)22-13-23-40(39(43)44,32-24-34(28-14-5-1-6-15-28)45-35(25-32)29-16-7-2-8-17-29)33-26-36(30-18-9-3-10-19-30)46-37(27-33)31-20-11-4-12-21-31/h1-12,14-21,32-37H,13,22-27H2,(H,41,42)(H,43,44)/p-2. The molecular formula is C40H40O4S2-2. The Labute approximate surface area is 281 Å². The SMILES string of the molecule is O=C([O-])CCCC(C(=O)[O-])(C1CC(c2ccccc2)SC(c2ccccc2)C1)C1CC(c2ccccc2)SC(c2ccccc2)C1. The van der Waals surface area contributed by atoms with Crippen molar-refractivity contribution >= 4 is 35.5 Å². The highest BCUT2D eigenvalue weighted by molar-refractivity contribution is 8.00. The fourth-order valence-corrected chi connectivity index (χ4v) is 11.3. The van der Waals surface area contributed by atoms with E-state index in [0.717, 1.165) is 0 Å². The van der Waals surface area contributed by atoms with E-state index in [1.165, 1.54) is 22.3 Å². The minimum absolute atomic E-state index is 0.109. The van der Waals surface area contributed by atoms with E-state index >= 15 is 0 Å². The zero-order chi connectivity index (χ0) is 31.9. The average molecular weight is 649 g/mol. The highest BCUT2D eigenvalue weighted by Crippen LogP contribution is 2.63. The monoisotopic (exact) mass is 648 g/mol. The van der Waals surface area contributed by atoms with Crippen LogP contribution in [-0.4, -0.2) is 11.9 Å². The van der Waals surface area contributed by atoms with Crippen LogP contribution in [0.3, 0.4) is 0 Å². The molecule has 2 heterocycles. The number of hydrogen-bond donors (Lipinski definition) is 0. The maximum atomic E-state index is 14.0. The van der Waals surface area contributed by atoms with Crippen molar-refractivity contribution in [3.8, 4) is 0 Å². The minimum atomic E-state index is -1.20. The third-order valence-corrected chi connectivity index (χ3v) is 13.3. The Kier molecular flexibility index (Phi) is 10.6. The molecule has 2 fully saturated rings. The molecule has 0 aromatic heterocycles. The van der Waals surface area contributed by atoms with Crippen molar-refractivity contribution in [3.63, 3.8) is 0 Å². The van der Waals surface area contributed by atoms with Gasteiger partial charge >= 0.3 is 0 Å². The van der Waals surface area contributed by atoms with Gasteiger partial charge in [-0.05, 0) is 79.0 Å². The summed E-state index contributed by atoms with van der Waals surface area (Å²) in [5.74, 6) is -2.56. The Morgan fingerprint density at radius 1 is 0.543 bits per heavy atom. The van der Waals surface area contributed by atoms with Crippen LogP contribution in [0.5, 0.6) is 0 Å². The second-order valence-electron chi connectivity index (χ2n) is 12.8. The van der Waals surface area contributed by atoms with E-state index in [-0.39, 0.29) is 52.1 Å². The molecule has 2 aliphatic rings. The van der Waals surface area contributed by atoms with Gasteiger partial charge in [0.15, 0.2) is 0 Å². The molecule has 0 radical (unpaired) electrons. The number of benzene rings is 4. The summed E-state index contributed by atoms with van der Waals surface area (Å²) in [6.07, 6.45) is 3.16. The van der Waals surface area contributed by atoms with Crippen LogP contribution in [0, 0.1) is 17.3 Å². The Balaban J connectivity index is 1.45. The first-order valence-electron chi connectivity index (χ1n) is 16.4. The van der Waals surface area contributed by atoms with E-state index in [2.05, 4.69) is 97.1 Å². The lowest BCUT2D eigenvalue weighted by atomic mass is 9.58. The first-order chi connectivity index (χ1) is 22.4. The van der Waals surface area contributed by atoms with Gasteiger partial charge < -0.3 is 19.8 Å².